The van der Waals surface area contributed by atoms with Crippen LogP contribution < -0.4 is 0 Å². The fourth-order valence-corrected chi connectivity index (χ4v) is 2.02. The summed E-state index contributed by atoms with van der Waals surface area (Å²) < 4.78 is 5.74. The second-order valence-corrected chi connectivity index (χ2v) is 3.80. The fourth-order valence-electron chi connectivity index (χ4n) is 2.02. The number of hydrogen-bond acceptors (Lipinski definition) is 2. The van der Waals surface area contributed by atoms with E-state index < -0.39 is 0 Å². The van der Waals surface area contributed by atoms with E-state index in [4.69, 9.17) is 9.84 Å². The predicted molar refractivity (Wildman–Crippen MR) is 60.6 cm³/mol. The van der Waals surface area contributed by atoms with Gasteiger partial charge in [-0.25, -0.2) is 0 Å². The molecule has 0 amide bonds. The lowest BCUT2D eigenvalue weighted by atomic mass is 9.97. The monoisotopic (exact) mass is 204 g/mol. The quantitative estimate of drug-likeness (QED) is 0.747. The summed E-state index contributed by atoms with van der Waals surface area (Å²) in [6.07, 6.45) is 6.47. The maximum Gasteiger partial charge on any atom is 0.0830 e. The van der Waals surface area contributed by atoms with Gasteiger partial charge in [-0.15, -0.1) is 0 Å². The molecule has 2 rings (SSSR count). The lowest BCUT2D eigenvalue weighted by Crippen LogP contribution is -2.12. The summed E-state index contributed by atoms with van der Waals surface area (Å²) in [4.78, 5) is 0. The van der Waals surface area contributed by atoms with E-state index in [0.717, 1.165) is 31.3 Å². The SMILES string of the molecule is OC=Cc1ccccc1C1CCCCO1. The van der Waals surface area contributed by atoms with Gasteiger partial charge in [0.2, 0.25) is 0 Å². The maximum atomic E-state index is 8.82. The third kappa shape index (κ3) is 2.39. The van der Waals surface area contributed by atoms with Crippen molar-refractivity contribution in [2.45, 2.75) is 25.4 Å². The van der Waals surface area contributed by atoms with Crippen LogP contribution in [0.2, 0.25) is 0 Å². The first-order chi connectivity index (χ1) is 7.42. The zero-order valence-electron chi connectivity index (χ0n) is 8.73. The van der Waals surface area contributed by atoms with Crippen molar-refractivity contribution in [3.63, 3.8) is 0 Å². The largest absolute Gasteiger partial charge is 0.516 e. The Morgan fingerprint density at radius 3 is 2.87 bits per heavy atom. The summed E-state index contributed by atoms with van der Waals surface area (Å²) in [5, 5.41) is 8.82. The normalized spacial score (nSPS) is 22.0. The van der Waals surface area contributed by atoms with E-state index >= 15 is 0 Å². The highest BCUT2D eigenvalue weighted by molar-refractivity contribution is 5.53. The molecule has 0 radical (unpaired) electrons. The van der Waals surface area contributed by atoms with E-state index in [1.807, 2.05) is 18.2 Å². The highest BCUT2D eigenvalue weighted by atomic mass is 16.5. The van der Waals surface area contributed by atoms with Gasteiger partial charge in [-0.1, -0.05) is 24.3 Å². The molecule has 15 heavy (non-hydrogen) atoms. The van der Waals surface area contributed by atoms with Gasteiger partial charge in [0.05, 0.1) is 12.4 Å². The van der Waals surface area contributed by atoms with Gasteiger partial charge < -0.3 is 9.84 Å². The molecule has 1 fully saturated rings. The van der Waals surface area contributed by atoms with Crippen molar-refractivity contribution < 1.29 is 9.84 Å². The standard InChI is InChI=1S/C13H16O2/c14-9-8-11-5-1-2-6-12(11)13-7-3-4-10-15-13/h1-2,5-6,8-9,13-14H,3-4,7,10H2. The molecule has 0 aliphatic carbocycles. The summed E-state index contributed by atoms with van der Waals surface area (Å²) in [7, 11) is 0. The second kappa shape index (κ2) is 4.99. The molecule has 1 unspecified atom stereocenters. The molecule has 1 saturated heterocycles. The van der Waals surface area contributed by atoms with Gasteiger partial charge in [-0.2, -0.15) is 0 Å². The third-order valence-electron chi connectivity index (χ3n) is 2.78. The van der Waals surface area contributed by atoms with Crippen LogP contribution in [-0.4, -0.2) is 11.7 Å². The van der Waals surface area contributed by atoms with Gasteiger partial charge in [-0.3, -0.25) is 0 Å². The Kier molecular flexibility index (Phi) is 3.41. The predicted octanol–water partition coefficient (Wildman–Crippen LogP) is 3.46. The van der Waals surface area contributed by atoms with Crippen LogP contribution in [0.25, 0.3) is 6.08 Å². The topological polar surface area (TPSA) is 29.5 Å². The molecule has 0 bridgehead atoms. The Balaban J connectivity index is 2.25. The first-order valence-corrected chi connectivity index (χ1v) is 5.43. The van der Waals surface area contributed by atoms with Crippen LogP contribution in [0.4, 0.5) is 0 Å². The lowest BCUT2D eigenvalue weighted by molar-refractivity contribution is 0.0148. The molecule has 1 aliphatic heterocycles. The Morgan fingerprint density at radius 1 is 1.27 bits per heavy atom. The third-order valence-corrected chi connectivity index (χ3v) is 2.78. The Hall–Kier alpha value is -1.28. The summed E-state index contributed by atoms with van der Waals surface area (Å²) in [6.45, 7) is 0.849. The van der Waals surface area contributed by atoms with Crippen molar-refractivity contribution in [3.05, 3.63) is 41.7 Å². The van der Waals surface area contributed by atoms with Gasteiger partial charge in [0.25, 0.3) is 0 Å². The summed E-state index contributed by atoms with van der Waals surface area (Å²) in [5.41, 5.74) is 2.23. The van der Waals surface area contributed by atoms with Crippen LogP contribution in [0.1, 0.15) is 36.5 Å². The van der Waals surface area contributed by atoms with Crippen molar-refractivity contribution in [3.8, 4) is 0 Å². The average Bonchev–Trinajstić information content (AvgIpc) is 2.31. The number of aliphatic hydroxyl groups is 1. The fraction of sp³-hybridized carbons (Fsp3) is 0.385. The zero-order valence-corrected chi connectivity index (χ0v) is 8.73. The van der Waals surface area contributed by atoms with Crippen molar-refractivity contribution in [1.29, 1.82) is 0 Å². The minimum absolute atomic E-state index is 0.200. The van der Waals surface area contributed by atoms with Crippen molar-refractivity contribution in [1.82, 2.24) is 0 Å². The van der Waals surface area contributed by atoms with Gasteiger partial charge >= 0.3 is 0 Å². The Labute approximate surface area is 90.2 Å². The van der Waals surface area contributed by atoms with Crippen molar-refractivity contribution in [2.24, 2.45) is 0 Å². The minimum atomic E-state index is 0.200. The number of hydrogen-bond donors (Lipinski definition) is 1. The molecule has 1 atom stereocenters. The molecule has 1 N–H and O–H groups in total. The molecule has 1 aromatic carbocycles. The molecule has 2 nitrogen and oxygen atoms in total. The number of benzene rings is 1. The van der Waals surface area contributed by atoms with Gasteiger partial charge in [0.15, 0.2) is 0 Å². The average molecular weight is 204 g/mol. The van der Waals surface area contributed by atoms with Crippen molar-refractivity contribution >= 4 is 6.08 Å². The number of rotatable bonds is 2. The van der Waals surface area contributed by atoms with E-state index in [1.165, 1.54) is 12.0 Å². The second-order valence-electron chi connectivity index (χ2n) is 3.80. The molecule has 1 heterocycles. The van der Waals surface area contributed by atoms with E-state index in [1.54, 1.807) is 6.08 Å². The molecule has 80 valence electrons. The Morgan fingerprint density at radius 2 is 2.13 bits per heavy atom. The van der Waals surface area contributed by atoms with Gasteiger partial charge in [0, 0.05) is 6.61 Å². The van der Waals surface area contributed by atoms with Gasteiger partial charge in [-0.05, 0) is 36.5 Å². The van der Waals surface area contributed by atoms with Crippen LogP contribution in [0, 0.1) is 0 Å². The highest BCUT2D eigenvalue weighted by Crippen LogP contribution is 2.30. The van der Waals surface area contributed by atoms with Crippen LogP contribution in [-0.2, 0) is 4.74 Å². The molecule has 0 aromatic heterocycles. The molecule has 0 saturated carbocycles. The van der Waals surface area contributed by atoms with Crippen LogP contribution >= 0.6 is 0 Å². The van der Waals surface area contributed by atoms with Crippen molar-refractivity contribution in [2.75, 3.05) is 6.61 Å². The minimum Gasteiger partial charge on any atom is -0.516 e. The highest BCUT2D eigenvalue weighted by Gasteiger charge is 2.17. The zero-order chi connectivity index (χ0) is 10.5. The number of aliphatic hydroxyl groups excluding tert-OH is 1. The molecule has 0 spiro atoms. The van der Waals surface area contributed by atoms with Crippen LogP contribution in [0.5, 0.6) is 0 Å². The smallest absolute Gasteiger partial charge is 0.0830 e. The Bertz CT molecular complexity index is 338. The summed E-state index contributed by atoms with van der Waals surface area (Å²) >= 11 is 0. The van der Waals surface area contributed by atoms with E-state index in [2.05, 4.69) is 6.07 Å². The molecule has 2 heteroatoms. The van der Waals surface area contributed by atoms with Gasteiger partial charge in [0.1, 0.15) is 0 Å². The first-order valence-electron chi connectivity index (χ1n) is 5.43. The molecular formula is C13H16O2. The summed E-state index contributed by atoms with van der Waals surface area (Å²) in [6, 6.07) is 8.06. The molecular weight excluding hydrogens is 188 g/mol. The van der Waals surface area contributed by atoms with E-state index in [9.17, 15) is 0 Å². The first kappa shape index (κ1) is 10.2. The summed E-state index contributed by atoms with van der Waals surface area (Å²) in [5.74, 6) is 0. The van der Waals surface area contributed by atoms with E-state index in [0.29, 0.717) is 0 Å². The maximum absolute atomic E-state index is 8.82. The molecule has 1 aliphatic rings. The number of ether oxygens (including phenoxy) is 1. The molecule has 1 aromatic rings. The van der Waals surface area contributed by atoms with E-state index in [-0.39, 0.29) is 6.10 Å². The van der Waals surface area contributed by atoms with Crippen LogP contribution in [0.3, 0.4) is 0 Å². The van der Waals surface area contributed by atoms with Crippen LogP contribution in [0.15, 0.2) is 30.5 Å². The lowest BCUT2D eigenvalue weighted by Gasteiger charge is -2.24.